The Morgan fingerprint density at radius 2 is 2.26 bits per heavy atom. The van der Waals surface area contributed by atoms with Crippen LogP contribution in [0.15, 0.2) is 24.3 Å². The number of benzene rings is 1. The molecule has 104 valence electrons. The fourth-order valence-electron chi connectivity index (χ4n) is 2.54. The van der Waals surface area contributed by atoms with Crippen molar-refractivity contribution in [3.05, 3.63) is 39.9 Å². The molecule has 0 bridgehead atoms. The first-order valence-electron chi connectivity index (χ1n) is 7.18. The molecule has 0 radical (unpaired) electrons. The minimum absolute atomic E-state index is 0.184. The molecule has 1 atom stereocenters. The Labute approximate surface area is 114 Å². The van der Waals surface area contributed by atoms with E-state index in [9.17, 15) is 10.1 Å². The molecule has 1 fully saturated rings. The van der Waals surface area contributed by atoms with Crippen molar-refractivity contribution in [3.63, 3.8) is 0 Å². The van der Waals surface area contributed by atoms with Crippen molar-refractivity contribution in [3.8, 4) is 0 Å². The molecular formula is C15H22N2O2. The lowest BCUT2D eigenvalue weighted by atomic mass is 9.85. The van der Waals surface area contributed by atoms with E-state index in [1.54, 1.807) is 18.2 Å². The van der Waals surface area contributed by atoms with Crippen LogP contribution in [0.5, 0.6) is 0 Å². The number of nitrogens with zero attached hydrogens (tertiary/aromatic N) is 1. The first kappa shape index (κ1) is 14.0. The smallest absolute Gasteiger partial charge is 0.269 e. The maximum atomic E-state index is 10.8. The Morgan fingerprint density at radius 1 is 1.47 bits per heavy atom. The molecule has 1 aliphatic carbocycles. The van der Waals surface area contributed by atoms with E-state index in [1.807, 2.05) is 6.07 Å². The van der Waals surface area contributed by atoms with E-state index in [1.165, 1.54) is 19.3 Å². The number of hydrogen-bond donors (Lipinski definition) is 1. The van der Waals surface area contributed by atoms with Crippen LogP contribution in [0, 0.1) is 16.0 Å². The number of nitro benzene ring substituents is 1. The van der Waals surface area contributed by atoms with Gasteiger partial charge in [-0.25, -0.2) is 0 Å². The molecule has 2 rings (SSSR count). The van der Waals surface area contributed by atoms with E-state index in [0.29, 0.717) is 0 Å². The topological polar surface area (TPSA) is 55.2 Å². The molecule has 1 aliphatic rings. The van der Waals surface area contributed by atoms with Gasteiger partial charge in [-0.15, -0.1) is 0 Å². The second-order valence-corrected chi connectivity index (χ2v) is 5.40. The summed E-state index contributed by atoms with van der Waals surface area (Å²) in [6, 6.07) is 7.26. The average molecular weight is 262 g/mol. The largest absolute Gasteiger partial charge is 0.310 e. The standard InChI is InChI=1S/C15H22N2O2/c1-2-5-15(16-11-12-6-3-7-12)13-8-4-9-14(10-13)17(18)19/h4,8-10,12,15-16H,2-3,5-7,11H2,1H3. The molecule has 0 heterocycles. The van der Waals surface area contributed by atoms with E-state index in [-0.39, 0.29) is 16.7 Å². The minimum Gasteiger partial charge on any atom is -0.310 e. The van der Waals surface area contributed by atoms with Crippen LogP contribution < -0.4 is 5.32 Å². The zero-order valence-corrected chi connectivity index (χ0v) is 11.5. The summed E-state index contributed by atoms with van der Waals surface area (Å²) in [6.45, 7) is 3.18. The third-order valence-corrected chi connectivity index (χ3v) is 3.94. The van der Waals surface area contributed by atoms with Gasteiger partial charge in [-0.05, 0) is 37.3 Å². The summed E-state index contributed by atoms with van der Waals surface area (Å²) >= 11 is 0. The third-order valence-electron chi connectivity index (χ3n) is 3.94. The first-order chi connectivity index (χ1) is 9.20. The van der Waals surface area contributed by atoms with Crippen LogP contribution >= 0.6 is 0 Å². The van der Waals surface area contributed by atoms with Crippen LogP contribution in [0.25, 0.3) is 0 Å². The fraction of sp³-hybridized carbons (Fsp3) is 0.600. The number of nitrogens with one attached hydrogen (secondary N) is 1. The zero-order chi connectivity index (χ0) is 13.7. The highest BCUT2D eigenvalue weighted by Gasteiger charge is 2.20. The molecular weight excluding hydrogens is 240 g/mol. The summed E-state index contributed by atoms with van der Waals surface area (Å²) in [5.41, 5.74) is 1.22. The highest BCUT2D eigenvalue weighted by Crippen LogP contribution is 2.28. The van der Waals surface area contributed by atoms with Crippen LogP contribution in [0.1, 0.15) is 50.6 Å². The monoisotopic (exact) mass is 262 g/mol. The maximum absolute atomic E-state index is 10.8. The molecule has 0 spiro atoms. The van der Waals surface area contributed by atoms with E-state index in [4.69, 9.17) is 0 Å². The van der Waals surface area contributed by atoms with Gasteiger partial charge in [0.2, 0.25) is 0 Å². The molecule has 0 aromatic heterocycles. The Kier molecular flexibility index (Phi) is 4.91. The van der Waals surface area contributed by atoms with Crippen molar-refractivity contribution >= 4 is 5.69 Å². The van der Waals surface area contributed by atoms with E-state index in [2.05, 4.69) is 12.2 Å². The molecule has 0 saturated heterocycles. The van der Waals surface area contributed by atoms with Gasteiger partial charge in [0.1, 0.15) is 0 Å². The summed E-state index contributed by atoms with van der Waals surface area (Å²) in [6.07, 6.45) is 6.09. The highest BCUT2D eigenvalue weighted by molar-refractivity contribution is 5.35. The Balaban J connectivity index is 2.03. The quantitative estimate of drug-likeness (QED) is 0.600. The molecule has 1 unspecified atom stereocenters. The van der Waals surface area contributed by atoms with Crippen molar-refractivity contribution in [1.29, 1.82) is 0 Å². The summed E-state index contributed by atoms with van der Waals surface area (Å²) < 4.78 is 0. The second-order valence-electron chi connectivity index (χ2n) is 5.40. The van der Waals surface area contributed by atoms with Gasteiger partial charge in [-0.3, -0.25) is 10.1 Å². The van der Waals surface area contributed by atoms with E-state index >= 15 is 0 Å². The maximum Gasteiger partial charge on any atom is 0.269 e. The fourth-order valence-corrected chi connectivity index (χ4v) is 2.54. The molecule has 4 nitrogen and oxygen atoms in total. The van der Waals surface area contributed by atoms with Crippen molar-refractivity contribution < 1.29 is 4.92 Å². The molecule has 1 saturated carbocycles. The average Bonchev–Trinajstić information content (AvgIpc) is 2.36. The SMILES string of the molecule is CCCC(NCC1CCC1)c1cccc([N+](=O)[O-])c1. The molecule has 1 aromatic carbocycles. The normalized spacial score (nSPS) is 16.9. The van der Waals surface area contributed by atoms with Crippen LogP contribution in [0.3, 0.4) is 0 Å². The van der Waals surface area contributed by atoms with Gasteiger partial charge in [0.05, 0.1) is 4.92 Å². The number of rotatable bonds is 7. The first-order valence-corrected chi connectivity index (χ1v) is 7.18. The molecule has 4 heteroatoms. The summed E-state index contributed by atoms with van der Waals surface area (Å²) in [5.74, 6) is 0.804. The van der Waals surface area contributed by atoms with Crippen LogP contribution in [0.2, 0.25) is 0 Å². The van der Waals surface area contributed by atoms with Crippen LogP contribution in [0.4, 0.5) is 5.69 Å². The number of hydrogen-bond acceptors (Lipinski definition) is 3. The van der Waals surface area contributed by atoms with E-state index < -0.39 is 0 Å². The van der Waals surface area contributed by atoms with Gasteiger partial charge >= 0.3 is 0 Å². The van der Waals surface area contributed by atoms with Gasteiger partial charge < -0.3 is 5.32 Å². The highest BCUT2D eigenvalue weighted by atomic mass is 16.6. The Bertz CT molecular complexity index is 430. The van der Waals surface area contributed by atoms with Gasteiger partial charge in [0.15, 0.2) is 0 Å². The second kappa shape index (κ2) is 6.66. The van der Waals surface area contributed by atoms with E-state index in [0.717, 1.165) is 30.9 Å². The molecule has 1 aromatic rings. The van der Waals surface area contributed by atoms with Crippen molar-refractivity contribution in [2.75, 3.05) is 6.54 Å². The van der Waals surface area contributed by atoms with Gasteiger partial charge in [0, 0.05) is 18.2 Å². The summed E-state index contributed by atoms with van der Waals surface area (Å²) in [5, 5.41) is 14.4. The molecule has 19 heavy (non-hydrogen) atoms. The third kappa shape index (κ3) is 3.77. The van der Waals surface area contributed by atoms with Crippen molar-refractivity contribution in [2.24, 2.45) is 5.92 Å². The Hall–Kier alpha value is -1.42. The van der Waals surface area contributed by atoms with Gasteiger partial charge in [-0.1, -0.05) is 31.9 Å². The van der Waals surface area contributed by atoms with Gasteiger partial charge in [-0.2, -0.15) is 0 Å². The minimum atomic E-state index is -0.321. The zero-order valence-electron chi connectivity index (χ0n) is 11.5. The number of non-ortho nitro benzene ring substituents is 1. The number of nitro groups is 1. The van der Waals surface area contributed by atoms with Crippen LogP contribution in [-0.4, -0.2) is 11.5 Å². The predicted molar refractivity (Wildman–Crippen MR) is 76.1 cm³/mol. The summed E-state index contributed by atoms with van der Waals surface area (Å²) in [4.78, 5) is 10.5. The summed E-state index contributed by atoms with van der Waals surface area (Å²) in [7, 11) is 0. The van der Waals surface area contributed by atoms with Crippen molar-refractivity contribution in [2.45, 2.75) is 45.1 Å². The van der Waals surface area contributed by atoms with Gasteiger partial charge in [0.25, 0.3) is 5.69 Å². The lowest BCUT2D eigenvalue weighted by Gasteiger charge is -2.28. The van der Waals surface area contributed by atoms with Crippen LogP contribution in [-0.2, 0) is 0 Å². The Morgan fingerprint density at radius 3 is 2.84 bits per heavy atom. The molecule has 0 aliphatic heterocycles. The lowest BCUT2D eigenvalue weighted by molar-refractivity contribution is -0.384. The molecule has 0 amide bonds. The lowest BCUT2D eigenvalue weighted by Crippen LogP contribution is -2.30. The predicted octanol–water partition coefficient (Wildman–Crippen LogP) is 3.83. The van der Waals surface area contributed by atoms with Crippen molar-refractivity contribution in [1.82, 2.24) is 5.32 Å². The molecule has 1 N–H and O–H groups in total.